The Morgan fingerprint density at radius 3 is 2.86 bits per heavy atom. The third-order valence-corrected chi connectivity index (χ3v) is 3.64. The minimum atomic E-state index is -0.298. The lowest BCUT2D eigenvalue weighted by atomic mass is 10.0. The van der Waals surface area contributed by atoms with Crippen molar-refractivity contribution in [2.45, 2.75) is 12.8 Å². The van der Waals surface area contributed by atoms with Gasteiger partial charge in [-0.15, -0.1) is 0 Å². The predicted octanol–water partition coefficient (Wildman–Crippen LogP) is 3.82. The van der Waals surface area contributed by atoms with E-state index in [2.05, 4.69) is 6.07 Å². The molecule has 2 aromatic rings. The van der Waals surface area contributed by atoms with Gasteiger partial charge in [-0.2, -0.15) is 0 Å². The lowest BCUT2D eigenvalue weighted by Crippen LogP contribution is -2.34. The Morgan fingerprint density at radius 1 is 1.14 bits per heavy atom. The number of fused-ring (bicyclic) bond motifs is 1. The molecule has 21 heavy (non-hydrogen) atoms. The maximum atomic E-state index is 13.1. The van der Waals surface area contributed by atoms with Crippen molar-refractivity contribution < 1.29 is 9.18 Å². The minimum absolute atomic E-state index is 0.0635. The molecule has 1 aliphatic heterocycles. The minimum Gasteiger partial charge on any atom is -0.309 e. The van der Waals surface area contributed by atoms with Gasteiger partial charge in [0.1, 0.15) is 5.82 Å². The zero-order valence-corrected chi connectivity index (χ0v) is 11.6. The van der Waals surface area contributed by atoms with Crippen LogP contribution in [-0.2, 0) is 11.2 Å². The lowest BCUT2D eigenvalue weighted by molar-refractivity contribution is -0.114. The molecule has 0 bridgehead atoms. The second-order valence-electron chi connectivity index (χ2n) is 5.11. The lowest BCUT2D eigenvalue weighted by Gasteiger charge is -2.28. The summed E-state index contributed by atoms with van der Waals surface area (Å²) < 4.78 is 13.1. The highest BCUT2D eigenvalue weighted by atomic mass is 19.1. The van der Waals surface area contributed by atoms with E-state index in [0.29, 0.717) is 5.56 Å². The van der Waals surface area contributed by atoms with Crippen molar-refractivity contribution in [3.63, 3.8) is 0 Å². The van der Waals surface area contributed by atoms with Gasteiger partial charge < -0.3 is 4.90 Å². The Morgan fingerprint density at radius 2 is 2.00 bits per heavy atom. The number of carbonyl (C=O) groups excluding carboxylic acids is 1. The van der Waals surface area contributed by atoms with Crippen LogP contribution in [0.5, 0.6) is 0 Å². The largest absolute Gasteiger partial charge is 0.309 e. The van der Waals surface area contributed by atoms with Crippen molar-refractivity contribution in [3.8, 4) is 0 Å². The van der Waals surface area contributed by atoms with Crippen molar-refractivity contribution in [3.05, 3.63) is 71.6 Å². The quantitative estimate of drug-likeness (QED) is 0.766. The Labute approximate surface area is 123 Å². The smallest absolute Gasteiger partial charge is 0.250 e. The van der Waals surface area contributed by atoms with Crippen LogP contribution in [0.4, 0.5) is 10.1 Å². The van der Waals surface area contributed by atoms with Gasteiger partial charge in [0.15, 0.2) is 0 Å². The number of hydrogen-bond acceptors (Lipinski definition) is 1. The van der Waals surface area contributed by atoms with E-state index in [9.17, 15) is 9.18 Å². The Kier molecular flexibility index (Phi) is 3.82. The van der Waals surface area contributed by atoms with Crippen molar-refractivity contribution >= 4 is 17.7 Å². The molecule has 0 spiro atoms. The summed E-state index contributed by atoms with van der Waals surface area (Å²) >= 11 is 0. The van der Waals surface area contributed by atoms with Crippen LogP contribution in [0, 0.1) is 5.82 Å². The van der Waals surface area contributed by atoms with Crippen molar-refractivity contribution in [2.24, 2.45) is 0 Å². The van der Waals surface area contributed by atoms with Crippen LogP contribution in [-0.4, -0.2) is 12.5 Å². The average molecular weight is 281 g/mol. The van der Waals surface area contributed by atoms with Crippen LogP contribution < -0.4 is 4.90 Å². The molecule has 0 aliphatic carbocycles. The van der Waals surface area contributed by atoms with Gasteiger partial charge in [-0.3, -0.25) is 4.79 Å². The van der Waals surface area contributed by atoms with E-state index in [0.717, 1.165) is 25.1 Å². The number of aryl methyl sites for hydroxylation is 1. The first-order valence-electron chi connectivity index (χ1n) is 7.07. The molecule has 106 valence electrons. The molecule has 0 saturated heterocycles. The molecular weight excluding hydrogens is 265 g/mol. The van der Waals surface area contributed by atoms with E-state index in [-0.39, 0.29) is 11.7 Å². The van der Waals surface area contributed by atoms with E-state index in [1.807, 2.05) is 18.2 Å². The van der Waals surface area contributed by atoms with Gasteiger partial charge in [0.05, 0.1) is 0 Å². The Balaban J connectivity index is 1.80. The molecular formula is C18H16FNO. The molecule has 0 saturated carbocycles. The highest BCUT2D eigenvalue weighted by Gasteiger charge is 2.20. The Bertz CT molecular complexity index is 693. The summed E-state index contributed by atoms with van der Waals surface area (Å²) in [6.07, 6.45) is 5.14. The molecule has 0 unspecified atom stereocenters. The summed E-state index contributed by atoms with van der Waals surface area (Å²) in [6, 6.07) is 14.2. The first-order valence-corrected chi connectivity index (χ1v) is 7.07. The summed E-state index contributed by atoms with van der Waals surface area (Å²) in [7, 11) is 0. The molecule has 3 rings (SSSR count). The maximum absolute atomic E-state index is 13.1. The maximum Gasteiger partial charge on any atom is 0.250 e. The topological polar surface area (TPSA) is 20.3 Å². The normalized spacial score (nSPS) is 14.2. The molecule has 3 heteroatoms. The molecule has 1 amide bonds. The third kappa shape index (κ3) is 3.02. The molecule has 2 aromatic carbocycles. The molecule has 0 aromatic heterocycles. The summed E-state index contributed by atoms with van der Waals surface area (Å²) in [5, 5.41) is 0. The van der Waals surface area contributed by atoms with Gasteiger partial charge in [0, 0.05) is 18.3 Å². The average Bonchev–Trinajstić information content (AvgIpc) is 2.52. The zero-order chi connectivity index (χ0) is 14.7. The molecule has 0 N–H and O–H groups in total. The van der Waals surface area contributed by atoms with Crippen molar-refractivity contribution in [2.75, 3.05) is 11.4 Å². The number of rotatable bonds is 2. The van der Waals surface area contributed by atoms with Crippen LogP contribution in [0.15, 0.2) is 54.6 Å². The SMILES string of the molecule is O=C(/C=C/c1cccc(F)c1)N1CCCc2ccccc21. The van der Waals surface area contributed by atoms with Crippen molar-refractivity contribution in [1.29, 1.82) is 0 Å². The van der Waals surface area contributed by atoms with Crippen LogP contribution in [0.1, 0.15) is 17.5 Å². The molecule has 0 radical (unpaired) electrons. The fourth-order valence-corrected chi connectivity index (χ4v) is 2.63. The van der Waals surface area contributed by atoms with E-state index in [1.54, 1.807) is 23.1 Å². The van der Waals surface area contributed by atoms with Crippen molar-refractivity contribution in [1.82, 2.24) is 0 Å². The van der Waals surface area contributed by atoms with Gasteiger partial charge >= 0.3 is 0 Å². The van der Waals surface area contributed by atoms with Crippen LogP contribution in [0.25, 0.3) is 6.08 Å². The fraction of sp³-hybridized carbons (Fsp3) is 0.167. The number of anilines is 1. The predicted molar refractivity (Wildman–Crippen MR) is 82.6 cm³/mol. The molecule has 2 nitrogen and oxygen atoms in total. The number of para-hydroxylation sites is 1. The van der Waals surface area contributed by atoms with Gasteiger partial charge in [-0.1, -0.05) is 30.3 Å². The first-order chi connectivity index (χ1) is 10.2. The number of carbonyl (C=O) groups is 1. The number of amides is 1. The molecule has 1 aliphatic rings. The second-order valence-corrected chi connectivity index (χ2v) is 5.11. The Hall–Kier alpha value is -2.42. The molecule has 0 fully saturated rings. The van der Waals surface area contributed by atoms with E-state index < -0.39 is 0 Å². The number of benzene rings is 2. The number of halogens is 1. The monoisotopic (exact) mass is 281 g/mol. The summed E-state index contributed by atoms with van der Waals surface area (Å²) in [5.74, 6) is -0.362. The van der Waals surface area contributed by atoms with E-state index in [4.69, 9.17) is 0 Å². The fourth-order valence-electron chi connectivity index (χ4n) is 2.63. The van der Waals surface area contributed by atoms with Crippen LogP contribution in [0.3, 0.4) is 0 Å². The number of hydrogen-bond donors (Lipinski definition) is 0. The van der Waals surface area contributed by atoms with Crippen LogP contribution >= 0.6 is 0 Å². The van der Waals surface area contributed by atoms with E-state index in [1.165, 1.54) is 23.8 Å². The van der Waals surface area contributed by atoms with Gasteiger partial charge in [-0.05, 0) is 48.2 Å². The highest BCUT2D eigenvalue weighted by molar-refractivity contribution is 6.04. The summed E-state index contributed by atoms with van der Waals surface area (Å²) in [6.45, 7) is 0.726. The van der Waals surface area contributed by atoms with Gasteiger partial charge in [-0.25, -0.2) is 4.39 Å². The summed E-state index contributed by atoms with van der Waals surface area (Å²) in [4.78, 5) is 14.2. The highest BCUT2D eigenvalue weighted by Crippen LogP contribution is 2.26. The number of nitrogens with zero attached hydrogens (tertiary/aromatic N) is 1. The van der Waals surface area contributed by atoms with Gasteiger partial charge in [0.2, 0.25) is 0 Å². The standard InChI is InChI=1S/C18H16FNO/c19-16-8-3-5-14(13-16)10-11-18(21)20-12-4-7-15-6-1-2-9-17(15)20/h1-3,5-6,8-11,13H,4,7,12H2/b11-10+. The second kappa shape index (κ2) is 5.92. The van der Waals surface area contributed by atoms with E-state index >= 15 is 0 Å². The third-order valence-electron chi connectivity index (χ3n) is 3.64. The summed E-state index contributed by atoms with van der Waals surface area (Å²) in [5.41, 5.74) is 2.88. The molecule has 0 atom stereocenters. The molecule has 1 heterocycles. The zero-order valence-electron chi connectivity index (χ0n) is 11.6. The van der Waals surface area contributed by atoms with Gasteiger partial charge in [0.25, 0.3) is 5.91 Å². The first kappa shape index (κ1) is 13.6. The van der Waals surface area contributed by atoms with Crippen LogP contribution in [0.2, 0.25) is 0 Å².